The van der Waals surface area contributed by atoms with Gasteiger partial charge in [0, 0.05) is 38.1 Å². The number of nitrogens with one attached hydrogen (secondary N) is 1. The van der Waals surface area contributed by atoms with Gasteiger partial charge in [-0.15, -0.1) is 0 Å². The van der Waals surface area contributed by atoms with Gasteiger partial charge in [-0.2, -0.15) is 5.10 Å². The van der Waals surface area contributed by atoms with Gasteiger partial charge in [0.2, 0.25) is 0 Å². The number of hydrogen-bond donors (Lipinski definition) is 1. The zero-order valence-corrected chi connectivity index (χ0v) is 14.4. The van der Waals surface area contributed by atoms with E-state index < -0.39 is 0 Å². The number of para-hydroxylation sites is 2. The first-order valence-corrected chi connectivity index (χ1v) is 9.00. The van der Waals surface area contributed by atoms with E-state index in [0.717, 1.165) is 31.0 Å². The molecule has 1 aliphatic rings. The first kappa shape index (κ1) is 15.9. The van der Waals surface area contributed by atoms with Crippen LogP contribution >= 0.6 is 0 Å². The van der Waals surface area contributed by atoms with E-state index in [-0.39, 0.29) is 0 Å². The zero-order valence-electron chi connectivity index (χ0n) is 14.4. The monoisotopic (exact) mass is 332 g/mol. The van der Waals surface area contributed by atoms with Gasteiger partial charge in [0.1, 0.15) is 0 Å². The Kier molecular flexibility index (Phi) is 4.79. The quantitative estimate of drug-likeness (QED) is 0.768. The molecule has 2 heterocycles. The predicted molar refractivity (Wildman–Crippen MR) is 102 cm³/mol. The van der Waals surface area contributed by atoms with Crippen molar-refractivity contribution in [3.8, 4) is 5.69 Å². The number of rotatable bonds is 5. The van der Waals surface area contributed by atoms with Gasteiger partial charge in [-0.1, -0.05) is 42.5 Å². The molecule has 0 atom stereocenters. The Morgan fingerprint density at radius 3 is 2.44 bits per heavy atom. The Balaban J connectivity index is 1.36. The van der Waals surface area contributed by atoms with Gasteiger partial charge in [0.25, 0.3) is 0 Å². The standard InChI is InChI=1S/C21H24N4/c1-2-7-18(8-3-1)17-24-15-11-19(12-16-24)23-20-9-4-5-10-21(20)25-14-6-13-22-25/h1-10,13-14,19,23H,11-12,15-17H2. The Hall–Kier alpha value is -2.59. The van der Waals surface area contributed by atoms with Crippen molar-refractivity contribution >= 4 is 5.69 Å². The van der Waals surface area contributed by atoms with Gasteiger partial charge in [-0.25, -0.2) is 4.68 Å². The summed E-state index contributed by atoms with van der Waals surface area (Å²) in [5.41, 5.74) is 3.67. The van der Waals surface area contributed by atoms with E-state index in [1.807, 2.05) is 23.1 Å². The molecule has 3 aromatic rings. The van der Waals surface area contributed by atoms with Crippen LogP contribution in [0.15, 0.2) is 73.1 Å². The molecule has 0 radical (unpaired) electrons. The molecule has 0 unspecified atom stereocenters. The lowest BCUT2D eigenvalue weighted by Crippen LogP contribution is -2.38. The second-order valence-electron chi connectivity index (χ2n) is 6.65. The van der Waals surface area contributed by atoms with Crippen LogP contribution in [-0.4, -0.2) is 33.8 Å². The summed E-state index contributed by atoms with van der Waals surface area (Å²) < 4.78 is 1.92. The molecule has 2 aromatic carbocycles. The van der Waals surface area contributed by atoms with E-state index in [2.05, 4.69) is 69.9 Å². The highest BCUT2D eigenvalue weighted by molar-refractivity contribution is 5.61. The Morgan fingerprint density at radius 2 is 1.68 bits per heavy atom. The summed E-state index contributed by atoms with van der Waals surface area (Å²) in [6.45, 7) is 3.32. The van der Waals surface area contributed by atoms with E-state index in [0.29, 0.717) is 6.04 Å². The van der Waals surface area contributed by atoms with Gasteiger partial charge in [-0.05, 0) is 36.6 Å². The molecule has 1 saturated heterocycles. The highest BCUT2D eigenvalue weighted by atomic mass is 15.3. The van der Waals surface area contributed by atoms with Gasteiger partial charge >= 0.3 is 0 Å². The van der Waals surface area contributed by atoms with Crippen LogP contribution in [0.25, 0.3) is 5.69 Å². The van der Waals surface area contributed by atoms with E-state index in [4.69, 9.17) is 0 Å². The summed E-state index contributed by atoms with van der Waals surface area (Å²) in [4.78, 5) is 2.55. The van der Waals surface area contributed by atoms with Crippen molar-refractivity contribution in [2.75, 3.05) is 18.4 Å². The van der Waals surface area contributed by atoms with E-state index >= 15 is 0 Å². The molecule has 128 valence electrons. The number of benzene rings is 2. The maximum absolute atomic E-state index is 4.37. The topological polar surface area (TPSA) is 33.1 Å². The number of hydrogen-bond acceptors (Lipinski definition) is 3. The smallest absolute Gasteiger partial charge is 0.0876 e. The maximum atomic E-state index is 4.37. The van der Waals surface area contributed by atoms with Crippen LogP contribution in [0, 0.1) is 0 Å². The van der Waals surface area contributed by atoms with Crippen molar-refractivity contribution in [3.63, 3.8) is 0 Å². The number of aromatic nitrogens is 2. The summed E-state index contributed by atoms with van der Waals surface area (Å²) in [5.74, 6) is 0. The molecular weight excluding hydrogens is 308 g/mol. The van der Waals surface area contributed by atoms with Crippen molar-refractivity contribution in [2.24, 2.45) is 0 Å². The van der Waals surface area contributed by atoms with E-state index in [1.165, 1.54) is 18.4 Å². The second-order valence-corrected chi connectivity index (χ2v) is 6.65. The van der Waals surface area contributed by atoms with Gasteiger partial charge in [-0.3, -0.25) is 4.90 Å². The van der Waals surface area contributed by atoms with Crippen LogP contribution in [0.3, 0.4) is 0 Å². The van der Waals surface area contributed by atoms with Crippen molar-refractivity contribution in [2.45, 2.75) is 25.4 Å². The third kappa shape index (κ3) is 3.91. The van der Waals surface area contributed by atoms with Crippen LogP contribution in [0.2, 0.25) is 0 Å². The molecule has 0 spiro atoms. The lowest BCUT2D eigenvalue weighted by Gasteiger charge is -2.33. The highest BCUT2D eigenvalue weighted by Crippen LogP contribution is 2.23. The minimum absolute atomic E-state index is 0.517. The molecule has 4 nitrogen and oxygen atoms in total. The molecule has 1 aliphatic heterocycles. The number of likely N-dealkylation sites (tertiary alicyclic amines) is 1. The SMILES string of the molecule is c1ccc(CN2CCC(Nc3ccccc3-n3cccn3)CC2)cc1. The van der Waals surface area contributed by atoms with Crippen LogP contribution < -0.4 is 5.32 Å². The number of piperidine rings is 1. The summed E-state index contributed by atoms with van der Waals surface area (Å²) in [6.07, 6.45) is 6.14. The number of anilines is 1. The Labute approximate surface area is 149 Å². The molecule has 0 saturated carbocycles. The zero-order chi connectivity index (χ0) is 16.9. The molecule has 1 aromatic heterocycles. The second kappa shape index (κ2) is 7.53. The van der Waals surface area contributed by atoms with Crippen LogP contribution in [-0.2, 0) is 6.54 Å². The first-order chi connectivity index (χ1) is 12.4. The fraction of sp³-hybridized carbons (Fsp3) is 0.286. The fourth-order valence-corrected chi connectivity index (χ4v) is 3.50. The van der Waals surface area contributed by atoms with Crippen LogP contribution in [0.5, 0.6) is 0 Å². The van der Waals surface area contributed by atoms with Crippen molar-refractivity contribution in [3.05, 3.63) is 78.6 Å². The van der Waals surface area contributed by atoms with Crippen molar-refractivity contribution in [1.82, 2.24) is 14.7 Å². The average Bonchev–Trinajstić information content (AvgIpc) is 3.19. The average molecular weight is 332 g/mol. The van der Waals surface area contributed by atoms with E-state index in [1.54, 1.807) is 0 Å². The highest BCUT2D eigenvalue weighted by Gasteiger charge is 2.20. The minimum atomic E-state index is 0.517. The van der Waals surface area contributed by atoms with Crippen LogP contribution in [0.1, 0.15) is 18.4 Å². The summed E-state index contributed by atoms with van der Waals surface area (Å²) >= 11 is 0. The molecule has 0 bridgehead atoms. The van der Waals surface area contributed by atoms with Crippen LogP contribution in [0.4, 0.5) is 5.69 Å². The van der Waals surface area contributed by atoms with Gasteiger partial charge < -0.3 is 5.32 Å². The third-order valence-corrected chi connectivity index (χ3v) is 4.85. The van der Waals surface area contributed by atoms with E-state index in [9.17, 15) is 0 Å². The molecular formula is C21H24N4. The predicted octanol–water partition coefficient (Wildman–Crippen LogP) is 3.95. The normalized spacial score (nSPS) is 16.0. The Bertz CT molecular complexity index is 775. The molecule has 25 heavy (non-hydrogen) atoms. The van der Waals surface area contributed by atoms with Crippen molar-refractivity contribution in [1.29, 1.82) is 0 Å². The van der Waals surface area contributed by atoms with Crippen molar-refractivity contribution < 1.29 is 0 Å². The first-order valence-electron chi connectivity index (χ1n) is 9.00. The fourth-order valence-electron chi connectivity index (χ4n) is 3.50. The minimum Gasteiger partial charge on any atom is -0.380 e. The molecule has 1 fully saturated rings. The molecule has 0 amide bonds. The third-order valence-electron chi connectivity index (χ3n) is 4.85. The Morgan fingerprint density at radius 1 is 0.920 bits per heavy atom. The molecule has 1 N–H and O–H groups in total. The summed E-state index contributed by atoms with van der Waals surface area (Å²) in [5, 5.41) is 8.10. The lowest BCUT2D eigenvalue weighted by atomic mass is 10.0. The summed E-state index contributed by atoms with van der Waals surface area (Å²) in [6, 6.07) is 21.6. The lowest BCUT2D eigenvalue weighted by molar-refractivity contribution is 0.211. The molecule has 4 rings (SSSR count). The maximum Gasteiger partial charge on any atom is 0.0876 e. The van der Waals surface area contributed by atoms with Gasteiger partial charge in [0.15, 0.2) is 0 Å². The molecule has 4 heteroatoms. The van der Waals surface area contributed by atoms with Gasteiger partial charge in [0.05, 0.1) is 11.4 Å². The summed E-state index contributed by atoms with van der Waals surface area (Å²) in [7, 11) is 0. The largest absolute Gasteiger partial charge is 0.380 e. The molecule has 0 aliphatic carbocycles. The number of nitrogens with zero attached hydrogens (tertiary/aromatic N) is 3.